The largest absolute Gasteiger partial charge is 0.493 e. The third-order valence-corrected chi connectivity index (χ3v) is 6.28. The van der Waals surface area contributed by atoms with Crippen LogP contribution in [-0.4, -0.2) is 44.7 Å². The van der Waals surface area contributed by atoms with Gasteiger partial charge in [0.15, 0.2) is 11.5 Å². The minimum Gasteiger partial charge on any atom is -0.493 e. The molecule has 1 saturated heterocycles. The van der Waals surface area contributed by atoms with Gasteiger partial charge in [0.05, 0.1) is 32.9 Å². The van der Waals surface area contributed by atoms with E-state index in [1.165, 1.54) is 10.5 Å². The first kappa shape index (κ1) is 23.1. The van der Waals surface area contributed by atoms with Crippen LogP contribution in [0.4, 0.5) is 0 Å². The molecule has 168 valence electrons. The maximum atomic E-state index is 13.3. The minimum absolute atomic E-state index is 0.136. The van der Waals surface area contributed by atoms with Gasteiger partial charge in [-0.25, -0.2) is 0 Å². The molecule has 0 atom stereocenters. The average molecular weight is 426 g/mol. The van der Waals surface area contributed by atoms with Crippen molar-refractivity contribution in [1.82, 2.24) is 4.90 Å². The molecule has 1 N–H and O–H groups in total. The molecule has 1 heterocycles. The Hall–Kier alpha value is -2.53. The van der Waals surface area contributed by atoms with Gasteiger partial charge in [0.25, 0.3) is 0 Å². The fourth-order valence-electron chi connectivity index (χ4n) is 4.49. The minimum atomic E-state index is 0.136. The Morgan fingerprint density at radius 1 is 1.03 bits per heavy atom. The molecule has 0 aliphatic carbocycles. The van der Waals surface area contributed by atoms with Crippen molar-refractivity contribution in [3.8, 4) is 11.5 Å². The number of carbonyl (C=O) groups is 1. The van der Waals surface area contributed by atoms with Crippen LogP contribution in [0.3, 0.4) is 0 Å². The van der Waals surface area contributed by atoms with Crippen LogP contribution >= 0.6 is 0 Å². The van der Waals surface area contributed by atoms with Crippen molar-refractivity contribution in [3.05, 3.63) is 59.7 Å². The summed E-state index contributed by atoms with van der Waals surface area (Å²) in [6.45, 7) is 6.64. The van der Waals surface area contributed by atoms with E-state index in [-0.39, 0.29) is 5.92 Å². The number of ether oxygens (including phenoxy) is 2. The molecule has 1 amide bonds. The molecule has 0 bridgehead atoms. The summed E-state index contributed by atoms with van der Waals surface area (Å²) < 4.78 is 11.0. The van der Waals surface area contributed by atoms with Crippen molar-refractivity contribution in [2.75, 3.05) is 33.9 Å². The zero-order valence-corrected chi connectivity index (χ0v) is 19.2. The van der Waals surface area contributed by atoms with Gasteiger partial charge in [-0.1, -0.05) is 49.7 Å². The van der Waals surface area contributed by atoms with E-state index in [4.69, 9.17) is 9.47 Å². The molecule has 1 aliphatic heterocycles. The van der Waals surface area contributed by atoms with E-state index in [9.17, 15) is 4.79 Å². The molecule has 5 nitrogen and oxygen atoms in total. The summed E-state index contributed by atoms with van der Waals surface area (Å²) in [7, 11) is 3.37. The summed E-state index contributed by atoms with van der Waals surface area (Å²) in [6.07, 6.45) is 4.04. The molecule has 31 heavy (non-hydrogen) atoms. The highest BCUT2D eigenvalue weighted by atomic mass is 16.5. The standard InChI is InChI=1S/C26H36N2O3/c1-4-5-16-28(19-21-10-7-6-8-11-21)26(29)22-14-17-27(18-15-22)20-23-12-9-13-24(30-2)25(23)31-3/h6-13,22H,4-5,14-20H2,1-3H3/p+1. The zero-order chi connectivity index (χ0) is 22.1. The predicted molar refractivity (Wildman–Crippen MR) is 123 cm³/mol. The first-order valence-corrected chi connectivity index (χ1v) is 11.5. The summed E-state index contributed by atoms with van der Waals surface area (Å²) >= 11 is 0. The first-order valence-electron chi connectivity index (χ1n) is 11.5. The summed E-state index contributed by atoms with van der Waals surface area (Å²) in [5.74, 6) is 2.06. The number of para-hydroxylation sites is 1. The van der Waals surface area contributed by atoms with E-state index in [1.807, 2.05) is 30.3 Å². The number of hydrogen-bond donors (Lipinski definition) is 1. The maximum Gasteiger partial charge on any atom is 0.226 e. The van der Waals surface area contributed by atoms with Crippen LogP contribution in [0.5, 0.6) is 11.5 Å². The van der Waals surface area contributed by atoms with Crippen LogP contribution < -0.4 is 14.4 Å². The fourth-order valence-corrected chi connectivity index (χ4v) is 4.49. The SMILES string of the molecule is CCCCN(Cc1ccccc1)C(=O)C1CC[NH+](Cc2cccc(OC)c2OC)CC1. The number of hydrogen-bond acceptors (Lipinski definition) is 3. The second-order valence-corrected chi connectivity index (χ2v) is 8.45. The lowest BCUT2D eigenvalue weighted by molar-refractivity contribution is -0.919. The molecule has 5 heteroatoms. The van der Waals surface area contributed by atoms with Crippen molar-refractivity contribution in [2.24, 2.45) is 5.92 Å². The number of benzene rings is 2. The van der Waals surface area contributed by atoms with Gasteiger partial charge in [-0.05, 0) is 24.1 Å². The fraction of sp³-hybridized carbons (Fsp3) is 0.500. The smallest absolute Gasteiger partial charge is 0.226 e. The molecule has 0 saturated carbocycles. The van der Waals surface area contributed by atoms with Crippen LogP contribution in [0.2, 0.25) is 0 Å². The van der Waals surface area contributed by atoms with Gasteiger partial charge in [-0.3, -0.25) is 4.79 Å². The first-order chi connectivity index (χ1) is 15.2. The maximum absolute atomic E-state index is 13.3. The van der Waals surface area contributed by atoms with Gasteiger partial charge < -0.3 is 19.3 Å². The Kier molecular flexibility index (Phi) is 8.77. The Morgan fingerprint density at radius 3 is 2.42 bits per heavy atom. The predicted octanol–water partition coefficient (Wildman–Crippen LogP) is 3.33. The van der Waals surface area contributed by atoms with Gasteiger partial charge in [0, 0.05) is 31.8 Å². The molecule has 3 rings (SSSR count). The summed E-state index contributed by atoms with van der Waals surface area (Å²) in [5.41, 5.74) is 2.37. The number of amides is 1. The Morgan fingerprint density at radius 2 is 1.77 bits per heavy atom. The molecule has 0 aromatic heterocycles. The van der Waals surface area contributed by atoms with Crippen LogP contribution in [0.15, 0.2) is 48.5 Å². The average Bonchev–Trinajstić information content (AvgIpc) is 2.82. The van der Waals surface area contributed by atoms with E-state index in [2.05, 4.69) is 30.0 Å². The normalized spacial score (nSPS) is 18.4. The monoisotopic (exact) mass is 425 g/mol. The van der Waals surface area contributed by atoms with Gasteiger partial charge >= 0.3 is 0 Å². The molecule has 0 radical (unpaired) electrons. The number of nitrogens with zero attached hydrogens (tertiary/aromatic N) is 1. The summed E-state index contributed by atoms with van der Waals surface area (Å²) in [6, 6.07) is 16.4. The highest BCUT2D eigenvalue weighted by molar-refractivity contribution is 5.79. The summed E-state index contributed by atoms with van der Waals surface area (Å²) in [5, 5.41) is 0. The van der Waals surface area contributed by atoms with Crippen LogP contribution in [0.1, 0.15) is 43.7 Å². The van der Waals surface area contributed by atoms with E-state index >= 15 is 0 Å². The van der Waals surface area contributed by atoms with E-state index < -0.39 is 0 Å². The molecular weight excluding hydrogens is 388 g/mol. The highest BCUT2D eigenvalue weighted by Crippen LogP contribution is 2.30. The van der Waals surface area contributed by atoms with E-state index in [0.29, 0.717) is 12.5 Å². The molecule has 1 fully saturated rings. The van der Waals surface area contributed by atoms with Crippen molar-refractivity contribution >= 4 is 5.91 Å². The topological polar surface area (TPSA) is 43.2 Å². The number of piperidine rings is 1. The zero-order valence-electron chi connectivity index (χ0n) is 19.2. The Bertz CT molecular complexity index is 817. The molecule has 0 unspecified atom stereocenters. The van der Waals surface area contributed by atoms with Crippen molar-refractivity contribution in [2.45, 2.75) is 45.7 Å². The molecule has 2 aromatic carbocycles. The van der Waals surface area contributed by atoms with Gasteiger partial charge in [-0.2, -0.15) is 0 Å². The van der Waals surface area contributed by atoms with Crippen LogP contribution in [0, 0.1) is 5.92 Å². The Labute approximate surface area is 187 Å². The van der Waals surface area contributed by atoms with Gasteiger partial charge in [-0.15, -0.1) is 0 Å². The van der Waals surface area contributed by atoms with Crippen LogP contribution in [-0.2, 0) is 17.9 Å². The number of quaternary nitrogens is 1. The number of methoxy groups -OCH3 is 2. The quantitative estimate of drug-likeness (QED) is 0.635. The second-order valence-electron chi connectivity index (χ2n) is 8.45. The van der Waals surface area contributed by atoms with Crippen molar-refractivity contribution in [1.29, 1.82) is 0 Å². The third-order valence-electron chi connectivity index (χ3n) is 6.28. The molecule has 2 aromatic rings. The molecular formula is C26H37N2O3+. The number of unbranched alkanes of at least 4 members (excludes halogenated alkanes) is 1. The lowest BCUT2D eigenvalue weighted by Gasteiger charge is -2.33. The van der Waals surface area contributed by atoms with E-state index in [1.54, 1.807) is 14.2 Å². The third kappa shape index (κ3) is 6.23. The van der Waals surface area contributed by atoms with E-state index in [0.717, 1.165) is 68.9 Å². The van der Waals surface area contributed by atoms with Crippen molar-refractivity contribution in [3.63, 3.8) is 0 Å². The number of rotatable bonds is 10. The number of nitrogens with one attached hydrogen (secondary N) is 1. The van der Waals surface area contributed by atoms with Crippen molar-refractivity contribution < 1.29 is 19.2 Å². The lowest BCUT2D eigenvalue weighted by atomic mass is 9.94. The second kappa shape index (κ2) is 11.8. The molecule has 0 spiro atoms. The summed E-state index contributed by atoms with van der Waals surface area (Å²) in [4.78, 5) is 16.9. The lowest BCUT2D eigenvalue weighted by Crippen LogP contribution is -3.11. The Balaban J connectivity index is 1.59. The number of likely N-dealkylation sites (tertiary alicyclic amines) is 1. The number of carbonyl (C=O) groups excluding carboxylic acids is 1. The van der Waals surface area contributed by atoms with Gasteiger partial charge in [0.1, 0.15) is 6.54 Å². The van der Waals surface area contributed by atoms with Crippen LogP contribution in [0.25, 0.3) is 0 Å². The molecule has 1 aliphatic rings. The van der Waals surface area contributed by atoms with Gasteiger partial charge in [0.2, 0.25) is 5.91 Å². The highest BCUT2D eigenvalue weighted by Gasteiger charge is 2.31.